The molecule has 0 aromatic carbocycles. The van der Waals surface area contributed by atoms with Crippen molar-refractivity contribution < 1.29 is 14.6 Å². The number of hydrogen-bond donors (Lipinski definition) is 1. The van der Waals surface area contributed by atoms with Crippen molar-refractivity contribution in [2.24, 2.45) is 5.92 Å². The van der Waals surface area contributed by atoms with Crippen LogP contribution in [0.15, 0.2) is 24.5 Å². The molecule has 1 unspecified atom stereocenters. The smallest absolute Gasteiger partial charge is 0.410 e. The largest absolute Gasteiger partial charge is 0.444 e. The first-order chi connectivity index (χ1) is 10.3. The minimum absolute atomic E-state index is 0.237. The highest BCUT2D eigenvalue weighted by Gasteiger charge is 2.28. The monoisotopic (exact) mass is 306 g/mol. The summed E-state index contributed by atoms with van der Waals surface area (Å²) in [6, 6.07) is 3.73. The molecule has 5 heteroatoms. The molecule has 0 spiro atoms. The number of carbonyl (C=O) groups excluding carboxylic acids is 1. The van der Waals surface area contributed by atoms with Crippen molar-refractivity contribution in [2.45, 2.75) is 51.7 Å². The summed E-state index contributed by atoms with van der Waals surface area (Å²) in [5, 5.41) is 10.3. The third kappa shape index (κ3) is 4.98. The van der Waals surface area contributed by atoms with E-state index in [4.69, 9.17) is 4.74 Å². The second kappa shape index (κ2) is 7.09. The number of ether oxygens (including phenoxy) is 1. The zero-order valence-corrected chi connectivity index (χ0v) is 13.7. The Morgan fingerprint density at radius 3 is 2.68 bits per heavy atom. The molecule has 2 rings (SSSR count). The third-order valence-electron chi connectivity index (χ3n) is 3.89. The van der Waals surface area contributed by atoms with Crippen molar-refractivity contribution in [3.63, 3.8) is 0 Å². The highest BCUT2D eigenvalue weighted by Crippen LogP contribution is 2.28. The molecule has 0 radical (unpaired) electrons. The molecule has 0 aliphatic carbocycles. The second-order valence-electron chi connectivity index (χ2n) is 6.95. The Kier molecular flexibility index (Phi) is 5.40. The normalized spacial score (nSPS) is 18.1. The van der Waals surface area contributed by atoms with Crippen molar-refractivity contribution in [2.75, 3.05) is 13.1 Å². The van der Waals surface area contributed by atoms with Gasteiger partial charge in [0.15, 0.2) is 0 Å². The minimum atomic E-state index is -0.480. The number of likely N-dealkylation sites (tertiary alicyclic amines) is 1. The fraction of sp³-hybridized carbons (Fsp3) is 0.647. The molecule has 22 heavy (non-hydrogen) atoms. The van der Waals surface area contributed by atoms with Gasteiger partial charge in [-0.25, -0.2) is 4.79 Å². The molecular weight excluding hydrogens is 280 g/mol. The van der Waals surface area contributed by atoms with Gasteiger partial charge in [-0.15, -0.1) is 0 Å². The van der Waals surface area contributed by atoms with E-state index >= 15 is 0 Å². The summed E-state index contributed by atoms with van der Waals surface area (Å²) in [5.74, 6) is 0.425. The summed E-state index contributed by atoms with van der Waals surface area (Å²) in [7, 11) is 0. The Hall–Kier alpha value is -1.62. The molecule has 1 aromatic heterocycles. The van der Waals surface area contributed by atoms with Crippen LogP contribution in [0.3, 0.4) is 0 Å². The van der Waals surface area contributed by atoms with Crippen LogP contribution in [0.1, 0.15) is 51.7 Å². The summed E-state index contributed by atoms with van der Waals surface area (Å²) in [4.78, 5) is 17.8. The van der Waals surface area contributed by atoms with Crippen LogP contribution < -0.4 is 0 Å². The van der Waals surface area contributed by atoms with Crippen LogP contribution in [0.2, 0.25) is 0 Å². The molecule has 1 aliphatic heterocycles. The minimum Gasteiger partial charge on any atom is -0.444 e. The van der Waals surface area contributed by atoms with Gasteiger partial charge in [0.05, 0.1) is 6.10 Å². The zero-order chi connectivity index (χ0) is 16.2. The molecule has 0 saturated carbocycles. The first-order valence-corrected chi connectivity index (χ1v) is 7.91. The Balaban J connectivity index is 1.79. The number of aliphatic hydroxyl groups is 1. The highest BCUT2D eigenvalue weighted by molar-refractivity contribution is 5.68. The molecule has 1 aromatic rings. The number of piperidine rings is 1. The lowest BCUT2D eigenvalue weighted by atomic mass is 9.89. The highest BCUT2D eigenvalue weighted by atomic mass is 16.6. The maximum Gasteiger partial charge on any atom is 0.410 e. The summed E-state index contributed by atoms with van der Waals surface area (Å²) >= 11 is 0. The number of nitrogens with zero attached hydrogens (tertiary/aromatic N) is 2. The lowest BCUT2D eigenvalue weighted by Crippen LogP contribution is -2.41. The van der Waals surface area contributed by atoms with E-state index in [-0.39, 0.29) is 6.09 Å². The average molecular weight is 306 g/mol. The zero-order valence-electron chi connectivity index (χ0n) is 13.7. The van der Waals surface area contributed by atoms with Crippen LogP contribution in [0.5, 0.6) is 0 Å². The first kappa shape index (κ1) is 16.7. The van der Waals surface area contributed by atoms with Crippen LogP contribution in [0, 0.1) is 5.92 Å². The van der Waals surface area contributed by atoms with Gasteiger partial charge in [0.25, 0.3) is 0 Å². The van der Waals surface area contributed by atoms with Gasteiger partial charge in [0.2, 0.25) is 0 Å². The average Bonchev–Trinajstić information content (AvgIpc) is 2.47. The summed E-state index contributed by atoms with van der Waals surface area (Å²) < 4.78 is 5.39. The Bertz CT molecular complexity index is 476. The Labute approximate surface area is 132 Å². The fourth-order valence-electron chi connectivity index (χ4n) is 2.70. The quantitative estimate of drug-likeness (QED) is 0.932. The molecule has 1 N–H and O–H groups in total. The van der Waals surface area contributed by atoms with E-state index in [1.807, 2.05) is 32.9 Å². The van der Waals surface area contributed by atoms with Crippen molar-refractivity contribution in [1.29, 1.82) is 0 Å². The van der Waals surface area contributed by atoms with Crippen LogP contribution in [0.4, 0.5) is 4.79 Å². The first-order valence-electron chi connectivity index (χ1n) is 7.91. The number of amides is 1. The van der Waals surface area contributed by atoms with Crippen molar-refractivity contribution in [3.05, 3.63) is 30.1 Å². The van der Waals surface area contributed by atoms with Crippen LogP contribution in [-0.2, 0) is 4.74 Å². The van der Waals surface area contributed by atoms with E-state index in [9.17, 15) is 9.90 Å². The maximum atomic E-state index is 12.0. The van der Waals surface area contributed by atoms with Crippen molar-refractivity contribution in [1.82, 2.24) is 9.88 Å². The van der Waals surface area contributed by atoms with Crippen LogP contribution >= 0.6 is 0 Å². The van der Waals surface area contributed by atoms with Gasteiger partial charge in [-0.3, -0.25) is 4.98 Å². The number of aliphatic hydroxyl groups excluding tert-OH is 1. The second-order valence-corrected chi connectivity index (χ2v) is 6.95. The standard InChI is InChI=1S/C17H26N2O3/c1-17(2,3)22-16(21)19-9-6-13(7-10-19)11-15(20)14-5-4-8-18-12-14/h4-5,8,12-13,15,20H,6-7,9-11H2,1-3H3. The van der Waals surface area contributed by atoms with Crippen LogP contribution in [-0.4, -0.2) is 39.8 Å². The molecular formula is C17H26N2O3. The van der Waals surface area contributed by atoms with Gasteiger partial charge in [-0.05, 0) is 57.6 Å². The van der Waals surface area contributed by atoms with Crippen molar-refractivity contribution >= 4 is 6.09 Å². The van der Waals surface area contributed by atoms with E-state index in [1.54, 1.807) is 17.3 Å². The van der Waals surface area contributed by atoms with Gasteiger partial charge in [0.1, 0.15) is 5.60 Å². The van der Waals surface area contributed by atoms with E-state index in [0.29, 0.717) is 25.4 Å². The molecule has 1 fully saturated rings. The van der Waals surface area contributed by atoms with Gasteiger partial charge in [-0.2, -0.15) is 0 Å². The molecule has 122 valence electrons. The lowest BCUT2D eigenvalue weighted by molar-refractivity contribution is 0.0161. The predicted molar refractivity (Wildman–Crippen MR) is 84.3 cm³/mol. The number of aromatic nitrogens is 1. The topological polar surface area (TPSA) is 62.7 Å². The van der Waals surface area contributed by atoms with E-state index < -0.39 is 11.7 Å². The number of pyridine rings is 1. The van der Waals surface area contributed by atoms with Gasteiger partial charge in [-0.1, -0.05) is 6.07 Å². The fourth-order valence-corrected chi connectivity index (χ4v) is 2.70. The predicted octanol–water partition coefficient (Wildman–Crippen LogP) is 3.15. The molecule has 1 amide bonds. The Morgan fingerprint density at radius 1 is 1.45 bits per heavy atom. The van der Waals surface area contributed by atoms with Gasteiger partial charge >= 0.3 is 6.09 Å². The Morgan fingerprint density at radius 2 is 2.14 bits per heavy atom. The molecule has 1 aliphatic rings. The van der Waals surface area contributed by atoms with E-state index in [1.165, 1.54) is 0 Å². The molecule has 5 nitrogen and oxygen atoms in total. The molecule has 0 bridgehead atoms. The van der Waals surface area contributed by atoms with E-state index in [2.05, 4.69) is 4.98 Å². The third-order valence-corrected chi connectivity index (χ3v) is 3.89. The summed E-state index contributed by atoms with van der Waals surface area (Å²) in [6.45, 7) is 7.02. The number of rotatable bonds is 3. The molecule has 2 heterocycles. The lowest BCUT2D eigenvalue weighted by Gasteiger charge is -2.34. The number of hydrogen-bond acceptors (Lipinski definition) is 4. The van der Waals surface area contributed by atoms with Crippen LogP contribution in [0.25, 0.3) is 0 Å². The van der Waals surface area contributed by atoms with Crippen molar-refractivity contribution in [3.8, 4) is 0 Å². The van der Waals surface area contributed by atoms with Gasteiger partial charge < -0.3 is 14.7 Å². The maximum absolute atomic E-state index is 12.0. The molecule has 1 atom stereocenters. The summed E-state index contributed by atoms with van der Waals surface area (Å²) in [5.41, 5.74) is 0.404. The SMILES string of the molecule is CC(C)(C)OC(=O)N1CCC(CC(O)c2cccnc2)CC1. The number of carbonyl (C=O) groups is 1. The molecule has 1 saturated heterocycles. The summed E-state index contributed by atoms with van der Waals surface area (Å²) in [6.07, 6.45) is 5.21. The van der Waals surface area contributed by atoms with E-state index in [0.717, 1.165) is 18.4 Å². The van der Waals surface area contributed by atoms with Gasteiger partial charge in [0, 0.05) is 25.5 Å².